The third kappa shape index (κ3) is 5.26. The predicted octanol–water partition coefficient (Wildman–Crippen LogP) is 4.88. The van der Waals surface area contributed by atoms with E-state index in [1.807, 2.05) is 24.3 Å². The molecule has 0 spiro atoms. The van der Waals surface area contributed by atoms with Gasteiger partial charge in [-0.15, -0.1) is 0 Å². The zero-order valence-electron chi connectivity index (χ0n) is 16.5. The van der Waals surface area contributed by atoms with E-state index in [0.717, 1.165) is 17.7 Å². The number of anilines is 1. The topological polar surface area (TPSA) is 56.8 Å². The lowest BCUT2D eigenvalue weighted by molar-refractivity contribution is -0.111. The molecule has 0 aliphatic carbocycles. The molecule has 1 atom stereocenters. The Labute approximate surface area is 161 Å². The lowest BCUT2D eigenvalue weighted by atomic mass is 9.99. The molecule has 0 aliphatic rings. The van der Waals surface area contributed by atoms with Gasteiger partial charge in [0.15, 0.2) is 11.5 Å². The molecule has 1 N–H and O–H groups in total. The van der Waals surface area contributed by atoms with Crippen LogP contribution in [0.25, 0.3) is 6.08 Å². The highest BCUT2D eigenvalue weighted by atomic mass is 16.5. The van der Waals surface area contributed by atoms with Crippen LogP contribution in [0.15, 0.2) is 42.5 Å². The van der Waals surface area contributed by atoms with Gasteiger partial charge in [-0.05, 0) is 53.8 Å². The summed E-state index contributed by atoms with van der Waals surface area (Å²) in [6, 6.07) is 11.5. The summed E-state index contributed by atoms with van der Waals surface area (Å²) in [5, 5.41) is 2.86. The lowest BCUT2D eigenvalue weighted by Gasteiger charge is -2.12. The quantitative estimate of drug-likeness (QED) is 0.674. The molecule has 0 fully saturated rings. The van der Waals surface area contributed by atoms with Crippen molar-refractivity contribution >= 4 is 17.7 Å². The zero-order valence-corrected chi connectivity index (χ0v) is 16.5. The molecule has 1 amide bonds. The summed E-state index contributed by atoms with van der Waals surface area (Å²) in [5.41, 5.74) is 2.80. The molecule has 144 valence electrons. The maximum atomic E-state index is 12.2. The van der Waals surface area contributed by atoms with Crippen molar-refractivity contribution in [2.45, 2.75) is 26.2 Å². The van der Waals surface area contributed by atoms with Crippen LogP contribution in [0.5, 0.6) is 17.2 Å². The summed E-state index contributed by atoms with van der Waals surface area (Å²) in [7, 11) is 4.66. The minimum absolute atomic E-state index is 0.208. The Morgan fingerprint density at radius 2 is 1.63 bits per heavy atom. The number of hydrogen-bond donors (Lipinski definition) is 1. The first-order valence-electron chi connectivity index (χ1n) is 8.91. The Balaban J connectivity index is 2.10. The maximum Gasteiger partial charge on any atom is 0.248 e. The van der Waals surface area contributed by atoms with Crippen molar-refractivity contribution in [2.24, 2.45) is 0 Å². The van der Waals surface area contributed by atoms with Gasteiger partial charge in [-0.25, -0.2) is 0 Å². The van der Waals surface area contributed by atoms with Crippen LogP contribution in [0, 0.1) is 0 Å². The third-order valence-electron chi connectivity index (χ3n) is 4.47. The lowest BCUT2D eigenvalue weighted by Crippen LogP contribution is -2.07. The van der Waals surface area contributed by atoms with Gasteiger partial charge in [0, 0.05) is 11.8 Å². The number of nitrogens with one attached hydrogen (secondary N) is 1. The molecule has 0 bridgehead atoms. The average Bonchev–Trinajstić information content (AvgIpc) is 2.71. The smallest absolute Gasteiger partial charge is 0.248 e. The normalized spacial score (nSPS) is 11.9. The van der Waals surface area contributed by atoms with Gasteiger partial charge >= 0.3 is 0 Å². The fourth-order valence-corrected chi connectivity index (χ4v) is 2.68. The molecule has 5 heteroatoms. The molecule has 0 heterocycles. The van der Waals surface area contributed by atoms with Crippen molar-refractivity contribution in [3.63, 3.8) is 0 Å². The molecular formula is C22H27NO4. The summed E-state index contributed by atoms with van der Waals surface area (Å²) < 4.78 is 15.9. The highest BCUT2D eigenvalue weighted by Crippen LogP contribution is 2.38. The zero-order chi connectivity index (χ0) is 19.8. The fourth-order valence-electron chi connectivity index (χ4n) is 2.68. The Morgan fingerprint density at radius 3 is 2.11 bits per heavy atom. The van der Waals surface area contributed by atoms with Gasteiger partial charge in [0.05, 0.1) is 21.3 Å². The summed E-state index contributed by atoms with van der Waals surface area (Å²) in [5.74, 6) is 1.90. The van der Waals surface area contributed by atoms with E-state index < -0.39 is 0 Å². The predicted molar refractivity (Wildman–Crippen MR) is 109 cm³/mol. The number of benzene rings is 2. The molecule has 0 saturated carbocycles. The van der Waals surface area contributed by atoms with Gasteiger partial charge in [-0.1, -0.05) is 26.0 Å². The SMILES string of the molecule is CC[C@H](C)c1ccc(NC(=O)/C=C/c2cc(OC)c(OC)c(OC)c2)cc1. The van der Waals surface area contributed by atoms with Crippen LogP contribution in [-0.4, -0.2) is 27.2 Å². The van der Waals surface area contributed by atoms with E-state index in [1.165, 1.54) is 11.6 Å². The van der Waals surface area contributed by atoms with Crippen LogP contribution in [0.4, 0.5) is 5.69 Å². The minimum Gasteiger partial charge on any atom is -0.493 e. The average molecular weight is 369 g/mol. The number of amides is 1. The van der Waals surface area contributed by atoms with Crippen LogP contribution in [0.3, 0.4) is 0 Å². The Hall–Kier alpha value is -2.95. The van der Waals surface area contributed by atoms with Gasteiger partial charge in [0.1, 0.15) is 0 Å². The maximum absolute atomic E-state index is 12.2. The molecule has 5 nitrogen and oxygen atoms in total. The summed E-state index contributed by atoms with van der Waals surface area (Å²) >= 11 is 0. The van der Waals surface area contributed by atoms with Gasteiger partial charge < -0.3 is 19.5 Å². The molecule has 0 radical (unpaired) electrons. The molecule has 2 aromatic carbocycles. The van der Waals surface area contributed by atoms with Crippen molar-refractivity contribution in [1.82, 2.24) is 0 Å². The number of rotatable bonds is 8. The minimum atomic E-state index is -0.208. The molecule has 2 aromatic rings. The first-order valence-corrected chi connectivity index (χ1v) is 8.91. The molecule has 0 aliphatic heterocycles. The second-order valence-electron chi connectivity index (χ2n) is 6.21. The monoisotopic (exact) mass is 369 g/mol. The van der Waals surface area contributed by atoms with Crippen molar-refractivity contribution in [1.29, 1.82) is 0 Å². The Bertz CT molecular complexity index is 771. The van der Waals surface area contributed by atoms with E-state index in [9.17, 15) is 4.79 Å². The number of ether oxygens (including phenoxy) is 3. The number of carbonyl (C=O) groups is 1. The van der Waals surface area contributed by atoms with Crippen molar-refractivity contribution < 1.29 is 19.0 Å². The number of hydrogen-bond acceptors (Lipinski definition) is 4. The molecule has 0 aromatic heterocycles. The Morgan fingerprint density at radius 1 is 1.04 bits per heavy atom. The third-order valence-corrected chi connectivity index (χ3v) is 4.47. The van der Waals surface area contributed by atoms with E-state index in [4.69, 9.17) is 14.2 Å². The molecule has 0 unspecified atom stereocenters. The van der Waals surface area contributed by atoms with Gasteiger partial charge in [-0.2, -0.15) is 0 Å². The van der Waals surface area contributed by atoms with E-state index in [1.54, 1.807) is 39.5 Å². The van der Waals surface area contributed by atoms with Crippen LogP contribution in [-0.2, 0) is 4.79 Å². The van der Waals surface area contributed by atoms with Crippen molar-refractivity contribution in [3.05, 3.63) is 53.6 Å². The van der Waals surface area contributed by atoms with E-state index in [2.05, 4.69) is 19.2 Å². The second-order valence-corrected chi connectivity index (χ2v) is 6.21. The van der Waals surface area contributed by atoms with Gasteiger partial charge in [-0.3, -0.25) is 4.79 Å². The molecule has 0 saturated heterocycles. The fraction of sp³-hybridized carbons (Fsp3) is 0.318. The van der Waals surface area contributed by atoms with Gasteiger partial charge in [0.2, 0.25) is 11.7 Å². The highest BCUT2D eigenvalue weighted by molar-refractivity contribution is 6.02. The van der Waals surface area contributed by atoms with E-state index >= 15 is 0 Å². The van der Waals surface area contributed by atoms with Crippen LogP contribution >= 0.6 is 0 Å². The molecule has 2 rings (SSSR count). The Kier molecular flexibility index (Phi) is 7.29. The standard InChI is InChI=1S/C22H27NO4/c1-6-15(2)17-8-10-18(11-9-17)23-21(24)12-7-16-13-19(25-3)22(27-5)20(14-16)26-4/h7-15H,6H2,1-5H3,(H,23,24)/b12-7+/t15-/m0/s1. The van der Waals surface area contributed by atoms with Crippen LogP contribution < -0.4 is 19.5 Å². The second kappa shape index (κ2) is 9.67. The number of carbonyl (C=O) groups excluding carboxylic acids is 1. The summed E-state index contributed by atoms with van der Waals surface area (Å²) in [6.45, 7) is 4.35. The van der Waals surface area contributed by atoms with Crippen molar-refractivity contribution in [3.8, 4) is 17.2 Å². The van der Waals surface area contributed by atoms with E-state index in [0.29, 0.717) is 23.2 Å². The van der Waals surface area contributed by atoms with Crippen LogP contribution in [0.1, 0.15) is 37.3 Å². The first-order chi connectivity index (χ1) is 13.0. The van der Waals surface area contributed by atoms with Gasteiger partial charge in [0.25, 0.3) is 0 Å². The highest BCUT2D eigenvalue weighted by Gasteiger charge is 2.12. The summed E-state index contributed by atoms with van der Waals surface area (Å²) in [6.07, 6.45) is 4.26. The molecule has 27 heavy (non-hydrogen) atoms. The van der Waals surface area contributed by atoms with Crippen molar-refractivity contribution in [2.75, 3.05) is 26.6 Å². The van der Waals surface area contributed by atoms with Crippen LogP contribution in [0.2, 0.25) is 0 Å². The largest absolute Gasteiger partial charge is 0.493 e. The molecular weight excluding hydrogens is 342 g/mol. The first kappa shape index (κ1) is 20.4. The number of methoxy groups -OCH3 is 3. The summed E-state index contributed by atoms with van der Waals surface area (Å²) in [4.78, 5) is 12.2. The van der Waals surface area contributed by atoms with E-state index in [-0.39, 0.29) is 5.91 Å².